The molecule has 0 rings (SSSR count). The van der Waals surface area contributed by atoms with Crippen LogP contribution in [0.15, 0.2) is 0 Å². The summed E-state index contributed by atoms with van der Waals surface area (Å²) in [4.78, 5) is 0. The Hall–Kier alpha value is -0.0800. The average Bonchev–Trinajstić information content (AvgIpc) is 1.86. The Balaban J connectivity index is 3.15. The van der Waals surface area contributed by atoms with Crippen molar-refractivity contribution in [1.82, 2.24) is 5.32 Å². The van der Waals surface area contributed by atoms with Crippen LogP contribution in [-0.2, 0) is 0 Å². The van der Waals surface area contributed by atoms with Gasteiger partial charge in [-0.15, -0.1) is 0 Å². The number of nitrogens with one attached hydrogen (secondary N) is 1. The van der Waals surface area contributed by atoms with Crippen LogP contribution in [0, 0.1) is 5.92 Å². The first-order valence-electron chi connectivity index (χ1n) is 4.60. The molecule has 0 aromatic heterocycles. The lowest BCUT2D eigenvalue weighted by molar-refractivity contribution is 0.441. The largest absolute Gasteiger partial charge is 0.330 e. The second-order valence-corrected chi connectivity index (χ2v) is 3.63. The molecule has 0 aromatic carbocycles. The first-order valence-corrected chi connectivity index (χ1v) is 4.60. The van der Waals surface area contributed by atoms with Gasteiger partial charge in [0.25, 0.3) is 0 Å². The second kappa shape index (κ2) is 6.62. The molecule has 0 saturated heterocycles. The first-order chi connectivity index (χ1) is 5.16. The van der Waals surface area contributed by atoms with Crippen molar-refractivity contribution in [1.29, 1.82) is 0 Å². The van der Waals surface area contributed by atoms with Gasteiger partial charge in [0, 0.05) is 6.04 Å². The van der Waals surface area contributed by atoms with Crippen LogP contribution >= 0.6 is 0 Å². The highest BCUT2D eigenvalue weighted by Crippen LogP contribution is 2.03. The first kappa shape index (κ1) is 10.9. The van der Waals surface area contributed by atoms with Gasteiger partial charge < -0.3 is 11.1 Å². The van der Waals surface area contributed by atoms with Gasteiger partial charge in [-0.2, -0.15) is 0 Å². The third-order valence-electron chi connectivity index (χ3n) is 1.70. The molecule has 0 aliphatic rings. The third kappa shape index (κ3) is 7.82. The van der Waals surface area contributed by atoms with Crippen LogP contribution in [0.1, 0.15) is 33.6 Å². The summed E-state index contributed by atoms with van der Waals surface area (Å²) in [5.41, 5.74) is 5.38. The van der Waals surface area contributed by atoms with Crippen molar-refractivity contribution in [3.8, 4) is 0 Å². The van der Waals surface area contributed by atoms with Crippen molar-refractivity contribution in [2.24, 2.45) is 11.7 Å². The smallest absolute Gasteiger partial charge is 0.00411 e. The van der Waals surface area contributed by atoms with Crippen LogP contribution in [0.3, 0.4) is 0 Å². The van der Waals surface area contributed by atoms with E-state index in [9.17, 15) is 0 Å². The summed E-state index contributed by atoms with van der Waals surface area (Å²) in [5.74, 6) is 0.787. The fourth-order valence-corrected chi connectivity index (χ4v) is 1.24. The van der Waals surface area contributed by atoms with Gasteiger partial charge in [-0.05, 0) is 38.8 Å². The topological polar surface area (TPSA) is 38.0 Å². The molecule has 0 fully saturated rings. The molecule has 1 unspecified atom stereocenters. The van der Waals surface area contributed by atoms with Crippen LogP contribution in [0.2, 0.25) is 0 Å². The monoisotopic (exact) mass is 158 g/mol. The molecule has 0 aromatic rings. The molecule has 0 bridgehead atoms. The minimum Gasteiger partial charge on any atom is -0.330 e. The van der Waals surface area contributed by atoms with E-state index in [0.717, 1.165) is 25.4 Å². The predicted molar refractivity (Wildman–Crippen MR) is 50.6 cm³/mol. The van der Waals surface area contributed by atoms with Crippen molar-refractivity contribution < 1.29 is 0 Å². The molecule has 2 heteroatoms. The highest BCUT2D eigenvalue weighted by Gasteiger charge is 2.02. The van der Waals surface area contributed by atoms with E-state index in [2.05, 4.69) is 26.1 Å². The molecule has 0 heterocycles. The maximum atomic E-state index is 5.38. The number of rotatable bonds is 6. The summed E-state index contributed by atoms with van der Waals surface area (Å²) in [6.07, 6.45) is 2.34. The highest BCUT2D eigenvalue weighted by atomic mass is 14.9. The number of hydrogen-bond acceptors (Lipinski definition) is 2. The Morgan fingerprint density at radius 1 is 1.27 bits per heavy atom. The molecule has 2 nitrogen and oxygen atoms in total. The minimum absolute atomic E-state index is 0.640. The fraction of sp³-hybridized carbons (Fsp3) is 1.00. The van der Waals surface area contributed by atoms with E-state index in [0.29, 0.717) is 6.04 Å². The van der Waals surface area contributed by atoms with Crippen molar-refractivity contribution in [2.45, 2.75) is 39.7 Å². The lowest BCUT2D eigenvalue weighted by Gasteiger charge is -2.15. The van der Waals surface area contributed by atoms with Gasteiger partial charge in [0.1, 0.15) is 0 Å². The summed E-state index contributed by atoms with van der Waals surface area (Å²) < 4.78 is 0. The van der Waals surface area contributed by atoms with Gasteiger partial charge in [-0.3, -0.25) is 0 Å². The van der Waals surface area contributed by atoms with Crippen molar-refractivity contribution in [3.63, 3.8) is 0 Å². The summed E-state index contributed by atoms with van der Waals surface area (Å²) in [7, 11) is 0. The predicted octanol–water partition coefficient (Wildman–Crippen LogP) is 1.36. The zero-order valence-corrected chi connectivity index (χ0v) is 8.06. The lowest BCUT2D eigenvalue weighted by Crippen LogP contribution is -2.29. The summed E-state index contributed by atoms with van der Waals surface area (Å²) >= 11 is 0. The molecule has 11 heavy (non-hydrogen) atoms. The molecule has 0 radical (unpaired) electrons. The molecule has 0 amide bonds. The van der Waals surface area contributed by atoms with E-state index in [1.807, 2.05) is 0 Å². The van der Waals surface area contributed by atoms with Gasteiger partial charge in [-0.25, -0.2) is 0 Å². The van der Waals surface area contributed by atoms with E-state index in [4.69, 9.17) is 5.73 Å². The fourth-order valence-electron chi connectivity index (χ4n) is 1.24. The Morgan fingerprint density at radius 3 is 2.36 bits per heavy atom. The van der Waals surface area contributed by atoms with E-state index in [-0.39, 0.29) is 0 Å². The number of nitrogens with two attached hydrogens (primary N) is 1. The van der Waals surface area contributed by atoms with Gasteiger partial charge in [-0.1, -0.05) is 13.8 Å². The molecular formula is C9H22N2. The van der Waals surface area contributed by atoms with E-state index >= 15 is 0 Å². The Labute approximate surface area is 70.5 Å². The zero-order valence-electron chi connectivity index (χ0n) is 8.06. The van der Waals surface area contributed by atoms with Gasteiger partial charge in [0.2, 0.25) is 0 Å². The molecule has 3 N–H and O–H groups in total. The van der Waals surface area contributed by atoms with E-state index in [1.165, 1.54) is 6.42 Å². The lowest BCUT2D eigenvalue weighted by atomic mass is 10.1. The maximum Gasteiger partial charge on any atom is 0.00411 e. The maximum absolute atomic E-state index is 5.38. The second-order valence-electron chi connectivity index (χ2n) is 3.63. The molecule has 0 aliphatic heterocycles. The highest BCUT2D eigenvalue weighted by molar-refractivity contribution is 4.62. The molecule has 0 spiro atoms. The van der Waals surface area contributed by atoms with Crippen LogP contribution in [0.4, 0.5) is 0 Å². The third-order valence-corrected chi connectivity index (χ3v) is 1.70. The molecule has 0 saturated carbocycles. The van der Waals surface area contributed by atoms with Crippen molar-refractivity contribution in [3.05, 3.63) is 0 Å². The number of hydrogen-bond donors (Lipinski definition) is 2. The summed E-state index contributed by atoms with van der Waals surface area (Å²) in [6.45, 7) is 8.59. The van der Waals surface area contributed by atoms with E-state index in [1.54, 1.807) is 0 Å². The Morgan fingerprint density at radius 2 is 1.91 bits per heavy atom. The quantitative estimate of drug-likeness (QED) is 0.573. The van der Waals surface area contributed by atoms with Crippen LogP contribution in [0.25, 0.3) is 0 Å². The normalized spacial score (nSPS) is 13.9. The SMILES string of the molecule is CC(C)CC(C)NCCCN. The molecule has 0 aliphatic carbocycles. The van der Waals surface area contributed by atoms with Crippen LogP contribution in [-0.4, -0.2) is 19.1 Å². The van der Waals surface area contributed by atoms with Gasteiger partial charge in [0.15, 0.2) is 0 Å². The van der Waals surface area contributed by atoms with Gasteiger partial charge in [0.05, 0.1) is 0 Å². The van der Waals surface area contributed by atoms with Crippen LogP contribution < -0.4 is 11.1 Å². The minimum atomic E-state index is 0.640. The summed E-state index contributed by atoms with van der Waals surface area (Å²) in [5, 5.41) is 3.43. The van der Waals surface area contributed by atoms with Crippen LogP contribution in [0.5, 0.6) is 0 Å². The average molecular weight is 158 g/mol. The van der Waals surface area contributed by atoms with E-state index < -0.39 is 0 Å². The molecular weight excluding hydrogens is 136 g/mol. The Kier molecular flexibility index (Phi) is 6.57. The van der Waals surface area contributed by atoms with Gasteiger partial charge >= 0.3 is 0 Å². The zero-order chi connectivity index (χ0) is 8.69. The standard InChI is InChI=1S/C9H22N2/c1-8(2)7-9(3)11-6-4-5-10/h8-9,11H,4-7,10H2,1-3H3. The summed E-state index contributed by atoms with van der Waals surface area (Å²) in [6, 6.07) is 0.640. The van der Waals surface area contributed by atoms with Crippen molar-refractivity contribution >= 4 is 0 Å². The Bertz CT molecular complexity index is 81.6. The van der Waals surface area contributed by atoms with Crippen molar-refractivity contribution in [2.75, 3.05) is 13.1 Å². The molecule has 1 atom stereocenters. The molecule has 68 valence electrons.